The number of halogens is 11. The number of carbonyl (C=O) groups excluding carboxylic acids is 1. The smallest absolute Gasteiger partial charge is 0.394 e. The fourth-order valence-corrected chi connectivity index (χ4v) is 7.32. The lowest BCUT2D eigenvalue weighted by Gasteiger charge is -2.23. The van der Waals surface area contributed by atoms with Crippen molar-refractivity contribution in [1.82, 2.24) is 20.1 Å². The molecule has 2 aromatic heterocycles. The number of hydrogen-bond acceptors (Lipinski definition) is 8. The maximum Gasteiger partial charge on any atom is 0.431 e. The van der Waals surface area contributed by atoms with E-state index >= 15 is 8.78 Å². The lowest BCUT2D eigenvalue weighted by molar-refractivity contribution is -0.141. The van der Waals surface area contributed by atoms with Crippen LogP contribution in [-0.4, -0.2) is 68.5 Å². The molecule has 60 heavy (non-hydrogen) atoms. The van der Waals surface area contributed by atoms with Crippen LogP contribution in [0.5, 0.6) is 0 Å². The van der Waals surface area contributed by atoms with Crippen molar-refractivity contribution in [3.05, 3.63) is 87.3 Å². The third kappa shape index (κ3) is 10.8. The Morgan fingerprint density at radius 3 is 2.32 bits per heavy atom. The standard InChI is InChI=1S/C39H36ClF10N7OS2/c1-19-16-37(43,44)34(29(19)33(51)39(48,49)50)52-17-28(58)54-27(14-20-12-21(41)15-22(42)13-20)31-24(7-6-23(53-31)10-11-36(2,3)59-4)25-8-9-26(40)30-32(25)57(18-38(45,46)47)55-35(30)56-60-5/h6-9,12-13,15,19,27H,14,16-18,51H2,1-5H3,(H,54,58)(H,55,56)/t19-,27?/m0/s1. The van der Waals surface area contributed by atoms with Gasteiger partial charge in [-0.1, -0.05) is 42.5 Å². The highest BCUT2D eigenvalue weighted by molar-refractivity contribution is 8.00. The summed E-state index contributed by atoms with van der Waals surface area (Å²) in [5.74, 6) is -2.46. The number of amides is 1. The minimum atomic E-state index is -5.19. The molecular weight excluding hydrogens is 872 g/mol. The van der Waals surface area contributed by atoms with Crippen LogP contribution in [0.1, 0.15) is 50.2 Å². The molecule has 21 heteroatoms. The fraction of sp³-hybridized carbons (Fsp3) is 0.385. The van der Waals surface area contributed by atoms with Crippen LogP contribution >= 0.6 is 35.3 Å². The Bertz CT molecular complexity index is 2400. The maximum absolute atomic E-state index is 15.1. The molecule has 4 N–H and O–H groups in total. The molecule has 0 bridgehead atoms. The van der Waals surface area contributed by atoms with Gasteiger partial charge in [-0.15, -0.1) is 11.8 Å². The number of nitrogens with zero attached hydrogens (tertiary/aromatic N) is 4. The van der Waals surface area contributed by atoms with Crippen LogP contribution in [0.3, 0.4) is 0 Å². The Balaban J connectivity index is 1.75. The fourth-order valence-electron chi connectivity index (χ4n) is 6.59. The predicted molar refractivity (Wildman–Crippen MR) is 215 cm³/mol. The summed E-state index contributed by atoms with van der Waals surface area (Å²) in [5, 5.41) is 6.80. The summed E-state index contributed by atoms with van der Waals surface area (Å²) < 4.78 is 145. The zero-order chi connectivity index (χ0) is 44.5. The maximum atomic E-state index is 15.1. The second kappa shape index (κ2) is 17.8. The Hall–Kier alpha value is -4.61. The molecule has 1 unspecified atom stereocenters. The van der Waals surface area contributed by atoms with Crippen LogP contribution in [-0.2, 0) is 17.8 Å². The van der Waals surface area contributed by atoms with Crippen molar-refractivity contribution < 1.29 is 48.7 Å². The molecule has 1 aliphatic rings. The van der Waals surface area contributed by atoms with Gasteiger partial charge in [-0.05, 0) is 74.3 Å². The number of allylic oxidation sites excluding steroid dienone is 2. The number of aromatic nitrogens is 3. The predicted octanol–water partition coefficient (Wildman–Crippen LogP) is 10.1. The second-order valence-electron chi connectivity index (χ2n) is 14.2. The first-order valence-corrected chi connectivity index (χ1v) is 20.6. The average Bonchev–Trinajstić information content (AvgIpc) is 3.59. The molecule has 0 saturated heterocycles. The molecule has 4 aromatic rings. The zero-order valence-corrected chi connectivity index (χ0v) is 34.7. The molecule has 322 valence electrons. The molecule has 1 saturated carbocycles. The third-order valence-corrected chi connectivity index (χ3v) is 11.1. The molecule has 2 aromatic carbocycles. The SMILES string of the molecule is CSNc1nn(CC(F)(F)F)c2c(-c3ccc(C#CC(C)(C)SC)nc3C(Cc3cc(F)cc(F)c3)NC(=O)CN=C3C(=C(N)C(F)(F)F)[C@@H](C)CC3(F)F)ccc(Cl)c12. The first-order chi connectivity index (χ1) is 27.8. The summed E-state index contributed by atoms with van der Waals surface area (Å²) in [7, 11) is 0. The summed E-state index contributed by atoms with van der Waals surface area (Å²) in [6.45, 7) is 2.03. The second-order valence-corrected chi connectivity index (χ2v) is 16.7. The van der Waals surface area contributed by atoms with Crippen molar-refractivity contribution in [3.8, 4) is 23.0 Å². The Morgan fingerprint density at radius 2 is 1.72 bits per heavy atom. The highest BCUT2D eigenvalue weighted by Gasteiger charge is 2.52. The number of benzene rings is 2. The number of rotatable bonds is 11. The molecule has 0 aliphatic heterocycles. The normalized spacial score (nSPS) is 17.7. The Morgan fingerprint density at radius 1 is 1.07 bits per heavy atom. The van der Waals surface area contributed by atoms with E-state index in [0.717, 1.165) is 31.0 Å². The van der Waals surface area contributed by atoms with Gasteiger partial charge in [0.25, 0.3) is 5.92 Å². The number of fused-ring (bicyclic) bond motifs is 1. The van der Waals surface area contributed by atoms with Gasteiger partial charge in [0.05, 0.1) is 32.4 Å². The molecule has 1 amide bonds. The minimum Gasteiger partial charge on any atom is -0.394 e. The quantitative estimate of drug-likeness (QED) is 0.0781. The van der Waals surface area contributed by atoms with Crippen LogP contribution in [0, 0.1) is 29.4 Å². The van der Waals surface area contributed by atoms with Gasteiger partial charge in [-0.25, -0.2) is 13.8 Å². The summed E-state index contributed by atoms with van der Waals surface area (Å²) in [4.78, 5) is 22.0. The van der Waals surface area contributed by atoms with E-state index in [-0.39, 0.29) is 49.8 Å². The van der Waals surface area contributed by atoms with Gasteiger partial charge >= 0.3 is 12.4 Å². The summed E-state index contributed by atoms with van der Waals surface area (Å²) in [6, 6.07) is 6.73. The number of pyridine rings is 1. The minimum absolute atomic E-state index is 0.0123. The monoisotopic (exact) mass is 907 g/mol. The number of alkyl halides is 8. The van der Waals surface area contributed by atoms with E-state index in [0.29, 0.717) is 10.7 Å². The first-order valence-electron chi connectivity index (χ1n) is 17.7. The van der Waals surface area contributed by atoms with E-state index in [4.69, 9.17) is 22.3 Å². The van der Waals surface area contributed by atoms with E-state index in [1.165, 1.54) is 36.0 Å². The average molecular weight is 908 g/mol. The molecule has 1 fully saturated rings. The van der Waals surface area contributed by atoms with Crippen LogP contribution in [0.25, 0.3) is 22.0 Å². The van der Waals surface area contributed by atoms with Gasteiger partial charge in [0.15, 0.2) is 5.82 Å². The molecule has 0 spiro atoms. The first kappa shape index (κ1) is 46.5. The molecule has 1 aliphatic carbocycles. The third-order valence-electron chi connectivity index (χ3n) is 9.25. The summed E-state index contributed by atoms with van der Waals surface area (Å²) in [6.07, 6.45) is -8.05. The number of nitrogens with one attached hydrogen (secondary N) is 2. The number of hydrogen-bond donors (Lipinski definition) is 3. The highest BCUT2D eigenvalue weighted by atomic mass is 35.5. The number of anilines is 1. The molecule has 5 rings (SSSR count). The van der Waals surface area contributed by atoms with Crippen molar-refractivity contribution >= 4 is 63.7 Å². The van der Waals surface area contributed by atoms with E-state index in [1.807, 2.05) is 20.1 Å². The van der Waals surface area contributed by atoms with Crippen molar-refractivity contribution in [2.45, 2.75) is 69.2 Å². The van der Waals surface area contributed by atoms with Crippen molar-refractivity contribution in [2.75, 3.05) is 23.8 Å². The Labute approximate surface area is 351 Å². The van der Waals surface area contributed by atoms with Gasteiger partial charge in [0, 0.05) is 35.4 Å². The zero-order valence-electron chi connectivity index (χ0n) is 32.3. The van der Waals surface area contributed by atoms with E-state index in [1.54, 1.807) is 6.26 Å². The number of thioether (sulfide) groups is 1. The lowest BCUT2D eigenvalue weighted by Crippen LogP contribution is -2.34. The van der Waals surface area contributed by atoms with Crippen LogP contribution < -0.4 is 15.8 Å². The van der Waals surface area contributed by atoms with E-state index in [9.17, 15) is 39.9 Å². The van der Waals surface area contributed by atoms with Crippen molar-refractivity contribution in [1.29, 1.82) is 0 Å². The van der Waals surface area contributed by atoms with Gasteiger partial charge in [-0.2, -0.15) is 40.2 Å². The van der Waals surface area contributed by atoms with E-state index < -0.39 is 95.4 Å². The van der Waals surface area contributed by atoms with Gasteiger partial charge in [-0.3, -0.25) is 14.5 Å². The summed E-state index contributed by atoms with van der Waals surface area (Å²) >= 11 is 9.00. The van der Waals surface area contributed by atoms with Crippen LogP contribution in [0.4, 0.5) is 49.7 Å². The van der Waals surface area contributed by atoms with Gasteiger partial charge in [0.2, 0.25) is 5.91 Å². The van der Waals surface area contributed by atoms with Gasteiger partial charge < -0.3 is 15.8 Å². The Kier molecular flexibility index (Phi) is 13.8. The molecular formula is C39H36ClF10N7OS2. The largest absolute Gasteiger partial charge is 0.431 e. The molecule has 2 atom stereocenters. The topological polar surface area (TPSA) is 110 Å². The van der Waals surface area contributed by atoms with Crippen LogP contribution in [0.2, 0.25) is 5.02 Å². The molecule has 2 heterocycles. The van der Waals surface area contributed by atoms with Crippen molar-refractivity contribution in [2.24, 2.45) is 16.6 Å². The highest BCUT2D eigenvalue weighted by Crippen LogP contribution is 2.44. The number of carbonyl (C=O) groups is 1. The summed E-state index contributed by atoms with van der Waals surface area (Å²) in [5.41, 5.74) is 1.13. The number of nitrogens with two attached hydrogens (primary N) is 1. The molecule has 8 nitrogen and oxygen atoms in total. The lowest BCUT2D eigenvalue weighted by atomic mass is 9.93. The van der Waals surface area contributed by atoms with Crippen molar-refractivity contribution in [3.63, 3.8) is 0 Å². The van der Waals surface area contributed by atoms with Crippen LogP contribution in [0.15, 0.2) is 58.7 Å². The van der Waals surface area contributed by atoms with E-state index in [2.05, 4.69) is 32.0 Å². The number of aliphatic imine (C=N–C) groups is 1. The van der Waals surface area contributed by atoms with Gasteiger partial charge in [0.1, 0.15) is 41.8 Å². The molecule has 0 radical (unpaired) electrons.